The van der Waals surface area contributed by atoms with E-state index < -0.39 is 46.9 Å². The molecule has 3 amide bonds. The molecule has 0 bridgehead atoms. The van der Waals surface area contributed by atoms with E-state index >= 15 is 0 Å². The summed E-state index contributed by atoms with van der Waals surface area (Å²) in [6.45, 7) is 10.1. The molecule has 0 radical (unpaired) electrons. The van der Waals surface area contributed by atoms with Crippen LogP contribution in [0.3, 0.4) is 0 Å². The lowest BCUT2D eigenvalue weighted by Crippen LogP contribution is -2.56. The molecule has 1 fully saturated rings. The van der Waals surface area contributed by atoms with E-state index in [0.29, 0.717) is 25.8 Å². The highest BCUT2D eigenvalue weighted by atomic mass is 16.3. The van der Waals surface area contributed by atoms with Crippen LogP contribution in [0.2, 0.25) is 0 Å². The topological polar surface area (TPSA) is 133 Å². The van der Waals surface area contributed by atoms with Crippen LogP contribution in [0.5, 0.6) is 0 Å². The molecule has 1 heterocycles. The van der Waals surface area contributed by atoms with E-state index in [1.54, 1.807) is 18.2 Å². The summed E-state index contributed by atoms with van der Waals surface area (Å²) in [6, 6.07) is 0. The van der Waals surface area contributed by atoms with Crippen molar-refractivity contribution in [3.05, 3.63) is 36.0 Å². The van der Waals surface area contributed by atoms with Gasteiger partial charge in [-0.3, -0.25) is 24.5 Å². The molecule has 1 aliphatic heterocycles. The summed E-state index contributed by atoms with van der Waals surface area (Å²) in [6.07, 6.45) is 9.71. The molecule has 0 aromatic rings. The Morgan fingerprint density at radius 1 is 1.24 bits per heavy atom. The summed E-state index contributed by atoms with van der Waals surface area (Å²) in [5.74, 6) is -4.28. The molecule has 4 N–H and O–H groups in total. The van der Waals surface area contributed by atoms with Crippen LogP contribution in [0.15, 0.2) is 36.0 Å². The van der Waals surface area contributed by atoms with E-state index in [1.807, 2.05) is 13.8 Å². The number of ketones is 1. The van der Waals surface area contributed by atoms with Crippen molar-refractivity contribution >= 4 is 23.5 Å². The minimum Gasteiger partial charge on any atom is -0.396 e. The Kier molecular flexibility index (Phi) is 9.64. The molecule has 37 heavy (non-hydrogen) atoms. The third-order valence-electron chi connectivity index (χ3n) is 8.36. The zero-order chi connectivity index (χ0) is 27.3. The van der Waals surface area contributed by atoms with Gasteiger partial charge >= 0.3 is 0 Å². The number of amides is 3. The number of unbranched alkanes of at least 4 members (excludes halogenated alkanes) is 2. The van der Waals surface area contributed by atoms with Crippen LogP contribution in [0.4, 0.5) is 0 Å². The monoisotopic (exact) mass is 514 g/mol. The maximum absolute atomic E-state index is 14.1. The second kappa shape index (κ2) is 12.3. The van der Waals surface area contributed by atoms with Crippen molar-refractivity contribution in [2.45, 2.75) is 71.3 Å². The summed E-state index contributed by atoms with van der Waals surface area (Å²) in [4.78, 5) is 52.6. The van der Waals surface area contributed by atoms with Crippen LogP contribution in [0.1, 0.15) is 65.7 Å². The number of allylic oxidation sites excluding steroid dienone is 2. The quantitative estimate of drug-likeness (QED) is 0.137. The van der Waals surface area contributed by atoms with Crippen molar-refractivity contribution in [3.8, 4) is 0 Å². The molecule has 8 heteroatoms. The molecule has 7 atom stereocenters. The number of carbonyl (C=O) groups excluding carboxylic acids is 4. The molecular formula is C29H42N2O6. The smallest absolute Gasteiger partial charge is 0.262 e. The van der Waals surface area contributed by atoms with Gasteiger partial charge in [-0.05, 0) is 37.5 Å². The van der Waals surface area contributed by atoms with Crippen LogP contribution < -0.4 is 10.6 Å². The summed E-state index contributed by atoms with van der Waals surface area (Å²) < 4.78 is 0. The van der Waals surface area contributed by atoms with Gasteiger partial charge in [0.15, 0.2) is 5.78 Å². The zero-order valence-electron chi connectivity index (χ0n) is 22.3. The van der Waals surface area contributed by atoms with Crippen molar-refractivity contribution in [2.75, 3.05) is 13.2 Å². The van der Waals surface area contributed by atoms with E-state index in [-0.39, 0.29) is 41.9 Å². The molecule has 0 spiro atoms. The van der Waals surface area contributed by atoms with E-state index in [1.165, 1.54) is 0 Å². The number of rotatable bonds is 12. The van der Waals surface area contributed by atoms with E-state index in [9.17, 15) is 24.3 Å². The largest absolute Gasteiger partial charge is 0.396 e. The molecule has 3 rings (SSSR count). The Balaban J connectivity index is 1.93. The third kappa shape index (κ3) is 5.96. The molecule has 0 aromatic heterocycles. The average molecular weight is 515 g/mol. The highest BCUT2D eigenvalue weighted by molar-refractivity contribution is 6.33. The number of hydrogen-bond acceptors (Lipinski definition) is 6. The first kappa shape index (κ1) is 29.0. The lowest BCUT2D eigenvalue weighted by atomic mass is 9.55. The fraction of sp³-hybridized carbons (Fsp3) is 0.655. The van der Waals surface area contributed by atoms with Crippen LogP contribution in [0, 0.1) is 35.5 Å². The normalized spacial score (nSPS) is 32.1. The Hall–Kier alpha value is -2.58. The van der Waals surface area contributed by atoms with Gasteiger partial charge in [0.1, 0.15) is 0 Å². The molecular weight excluding hydrogens is 472 g/mol. The number of fused-ring (bicyclic) bond motifs is 1. The second-order valence-electron chi connectivity index (χ2n) is 11.0. The van der Waals surface area contributed by atoms with E-state index in [0.717, 1.165) is 19.3 Å². The average Bonchev–Trinajstić information content (AvgIpc) is 3.15. The standard InChI is InChI=1S/C29H42N2O6/c1-5-7-8-10-19(6-2)22-23(28(36)31-27(22)35)25(33)21-17(3)11-12-29(37)16-20(15-18(4)24(21)29)26(34)30-13-9-14-32/h6,11-12,17-21,24,32,37H,2,5,7-10,13-16H2,1,3-4H3,(H,30,34)(H,31,35,36). The Morgan fingerprint density at radius 2 is 1.97 bits per heavy atom. The lowest BCUT2D eigenvalue weighted by Gasteiger charge is -2.51. The van der Waals surface area contributed by atoms with Gasteiger partial charge in [-0.1, -0.05) is 58.3 Å². The second-order valence-corrected chi connectivity index (χ2v) is 11.0. The first-order valence-corrected chi connectivity index (χ1v) is 13.7. The number of imide groups is 1. The summed E-state index contributed by atoms with van der Waals surface area (Å²) in [7, 11) is 0. The van der Waals surface area contributed by atoms with Gasteiger partial charge in [0, 0.05) is 42.4 Å². The SMILES string of the molecule is C=CC(CCCCC)C1=C(C(=O)C2C(C)C=CC3(O)CC(C(=O)NCCCO)CC(C)C23)C(=O)NC1=O. The fourth-order valence-electron chi connectivity index (χ4n) is 6.58. The van der Waals surface area contributed by atoms with E-state index in [4.69, 9.17) is 5.11 Å². The molecule has 3 aliphatic rings. The van der Waals surface area contributed by atoms with Crippen molar-refractivity contribution in [1.29, 1.82) is 0 Å². The minimum atomic E-state index is -1.39. The van der Waals surface area contributed by atoms with Gasteiger partial charge in [0.05, 0.1) is 11.2 Å². The summed E-state index contributed by atoms with van der Waals surface area (Å²) in [5.41, 5.74) is -1.30. The Labute approximate surface area is 219 Å². The zero-order valence-corrected chi connectivity index (χ0v) is 22.3. The molecule has 0 aromatic carbocycles. The maximum Gasteiger partial charge on any atom is 0.262 e. The van der Waals surface area contributed by atoms with Crippen molar-refractivity contribution in [3.63, 3.8) is 0 Å². The molecule has 8 nitrogen and oxygen atoms in total. The third-order valence-corrected chi connectivity index (χ3v) is 8.36. The van der Waals surface area contributed by atoms with Gasteiger partial charge in [-0.2, -0.15) is 0 Å². The highest BCUT2D eigenvalue weighted by Crippen LogP contribution is 2.51. The van der Waals surface area contributed by atoms with Crippen LogP contribution in [-0.2, 0) is 19.2 Å². The first-order chi connectivity index (χ1) is 17.6. The fourth-order valence-corrected chi connectivity index (χ4v) is 6.58. The molecule has 2 aliphatic carbocycles. The van der Waals surface area contributed by atoms with Crippen molar-refractivity contribution < 1.29 is 29.4 Å². The Morgan fingerprint density at radius 3 is 2.62 bits per heavy atom. The van der Waals surface area contributed by atoms with Gasteiger partial charge in [-0.15, -0.1) is 6.58 Å². The van der Waals surface area contributed by atoms with Crippen LogP contribution >= 0.6 is 0 Å². The highest BCUT2D eigenvalue weighted by Gasteiger charge is 2.55. The first-order valence-electron chi connectivity index (χ1n) is 13.7. The van der Waals surface area contributed by atoms with Crippen molar-refractivity contribution in [2.24, 2.45) is 35.5 Å². The number of nitrogens with one attached hydrogen (secondary N) is 2. The number of hydrogen-bond donors (Lipinski definition) is 4. The molecule has 0 saturated heterocycles. The number of Topliss-reactive ketones (excluding diaryl/α,β-unsaturated/α-hetero) is 1. The number of aliphatic hydroxyl groups excluding tert-OH is 1. The molecule has 7 unspecified atom stereocenters. The van der Waals surface area contributed by atoms with Gasteiger partial charge < -0.3 is 15.5 Å². The summed E-state index contributed by atoms with van der Waals surface area (Å²) >= 11 is 0. The summed E-state index contributed by atoms with van der Waals surface area (Å²) in [5, 5.41) is 25.9. The Bertz CT molecular complexity index is 985. The molecule has 1 saturated carbocycles. The van der Waals surface area contributed by atoms with E-state index in [2.05, 4.69) is 24.1 Å². The van der Waals surface area contributed by atoms with Crippen LogP contribution in [0.25, 0.3) is 0 Å². The maximum atomic E-state index is 14.1. The van der Waals surface area contributed by atoms with Gasteiger partial charge in [0.25, 0.3) is 11.8 Å². The van der Waals surface area contributed by atoms with Gasteiger partial charge in [0.2, 0.25) is 5.91 Å². The van der Waals surface area contributed by atoms with Crippen molar-refractivity contribution in [1.82, 2.24) is 10.6 Å². The lowest BCUT2D eigenvalue weighted by molar-refractivity contribution is -0.144. The predicted octanol–water partition coefficient (Wildman–Crippen LogP) is 2.61. The number of carbonyl (C=O) groups is 4. The van der Waals surface area contributed by atoms with Crippen LogP contribution in [-0.4, -0.2) is 52.5 Å². The minimum absolute atomic E-state index is 0.0169. The predicted molar refractivity (Wildman–Crippen MR) is 140 cm³/mol. The molecule has 204 valence electrons. The van der Waals surface area contributed by atoms with Gasteiger partial charge in [-0.25, -0.2) is 0 Å². The number of aliphatic hydroxyl groups is 2.